The smallest absolute Gasteiger partial charge is 0.474 e. The molecule has 0 saturated carbocycles. The molecule has 76 heavy (non-hydrogen) atoms. The molecule has 4 aromatic rings. The number of rotatable bonds is 18. The molecule has 0 radical (unpaired) electrons. The van der Waals surface area contributed by atoms with Crippen LogP contribution in [-0.4, -0.2) is 125 Å². The van der Waals surface area contributed by atoms with Crippen molar-refractivity contribution in [3.63, 3.8) is 0 Å². The van der Waals surface area contributed by atoms with Gasteiger partial charge in [-0.3, -0.25) is 8.75 Å². The van der Waals surface area contributed by atoms with Gasteiger partial charge in [-0.15, -0.1) is 0 Å². The fourth-order valence-electron chi connectivity index (χ4n) is 4.24. The van der Waals surface area contributed by atoms with E-state index < -0.39 is 42.6 Å². The van der Waals surface area contributed by atoms with Gasteiger partial charge < -0.3 is 77.5 Å². The summed E-state index contributed by atoms with van der Waals surface area (Å²) in [5.41, 5.74) is 33.0. The van der Waals surface area contributed by atoms with Crippen LogP contribution in [0.5, 0.6) is 17.6 Å². The summed E-state index contributed by atoms with van der Waals surface area (Å²) in [4.78, 5) is 44.6. The molecule has 4 rings (SSSR count). The molecule has 3 aromatic heterocycles. The van der Waals surface area contributed by atoms with Crippen LogP contribution in [0.3, 0.4) is 0 Å². The van der Waals surface area contributed by atoms with Gasteiger partial charge in [-0.1, -0.05) is 25.1 Å². The molecular weight excluding hydrogens is 1060 g/mol. The van der Waals surface area contributed by atoms with E-state index in [1.807, 2.05) is 13.0 Å². The van der Waals surface area contributed by atoms with E-state index in [1.54, 1.807) is 56.7 Å². The van der Waals surface area contributed by atoms with E-state index in [1.165, 1.54) is 12.1 Å². The highest BCUT2D eigenvalue weighted by atomic mass is 32.2. The Morgan fingerprint density at radius 1 is 0.658 bits per heavy atom. The van der Waals surface area contributed by atoms with Gasteiger partial charge in [0.25, 0.3) is 10.1 Å². The van der Waals surface area contributed by atoms with Crippen molar-refractivity contribution < 1.29 is 60.3 Å². The standard InChI is InChI=1S/C10H16N5O3P.C9H12O3S.C8H12N5O5P.C7H9N5O2.C6N4.CH4/c1-19(2,16)6-17-3-4-18-9-7(5-11)8(12)14-10(13)15-9;1-3-12-13(10,11)9-6-4-8(2)5-7-9;9-3-5-6(10)12-8(11)13-7(5)18-2-1-17-4-19(14,15)16;8-3-4-5(9)11-7(10)12-6(4)14-2-1-13;1-9-6(10-2)5(3-7)4-8;/h3-4,6H2,1-2H3,(H4,12,13,14,15);4-7H,3H2,1-2H3;1-2,4H2,(H2,14,15,16)(H4,10,11,12,13);13H,1-2H2,(H4,9,10,11,12);;1H4. The van der Waals surface area contributed by atoms with Gasteiger partial charge in [0, 0.05) is 0 Å². The molecule has 35 heteroatoms. The molecule has 0 bridgehead atoms. The molecule has 0 spiro atoms. The SMILES string of the molecule is C.CCOS(=O)(=O)c1ccc(C)cc1.CP(C)(=O)COCCOc1nc(N)nc(N)c1C#N.N#Cc1c(N)nc(N)nc1OCCO.N#Cc1c(N)nc(N)nc1OCCOCP(=O)(O)O.[C-]#[N+]C([N+]#[C-])=C(C#N)C#N. The minimum atomic E-state index is -4.20. The van der Waals surface area contributed by atoms with Crippen LogP contribution >= 0.6 is 14.7 Å². The van der Waals surface area contributed by atoms with Crippen LogP contribution in [0.25, 0.3) is 9.69 Å². The Labute approximate surface area is 437 Å². The molecule has 0 aliphatic rings. The highest BCUT2D eigenvalue weighted by Crippen LogP contribution is 2.35. The number of aliphatic hydroxyl groups is 1. The molecule has 0 atom stereocenters. The third-order valence-electron chi connectivity index (χ3n) is 7.27. The number of aromatic nitrogens is 6. The normalized spacial score (nSPS) is 9.95. The zero-order chi connectivity index (χ0) is 57.4. The topological polar surface area (TPSA) is 545 Å². The van der Waals surface area contributed by atoms with Crippen molar-refractivity contribution in [2.24, 2.45) is 0 Å². The predicted octanol–water partition coefficient (Wildman–Crippen LogP) is 1.86. The number of ether oxygens (including phenoxy) is 5. The Balaban J connectivity index is 0. The Bertz CT molecular complexity index is 2950. The summed E-state index contributed by atoms with van der Waals surface area (Å²) >= 11 is 0. The number of allylic oxidation sites excluding steroid dienone is 1. The second-order valence-electron chi connectivity index (χ2n) is 13.7. The number of aliphatic hydroxyl groups excluding tert-OH is 1. The second-order valence-corrected chi connectivity index (χ2v) is 20.3. The van der Waals surface area contributed by atoms with Crippen LogP contribution in [0.15, 0.2) is 40.6 Å². The monoisotopic (exact) mass is 1110 g/mol. The highest BCUT2D eigenvalue weighted by Gasteiger charge is 2.17. The molecule has 0 aliphatic heterocycles. The lowest BCUT2D eigenvalue weighted by Gasteiger charge is -2.10. The van der Waals surface area contributed by atoms with E-state index >= 15 is 0 Å². The van der Waals surface area contributed by atoms with Crippen molar-refractivity contribution in [2.45, 2.75) is 26.2 Å². The molecular formula is C41H53N19O13P2S. The third kappa shape index (κ3) is 27.2. The number of anilines is 6. The summed E-state index contributed by atoms with van der Waals surface area (Å²) < 4.78 is 74.3. The van der Waals surface area contributed by atoms with Crippen LogP contribution in [0.1, 0.15) is 36.6 Å². The molecule has 32 nitrogen and oxygen atoms in total. The lowest BCUT2D eigenvalue weighted by Crippen LogP contribution is -2.12. The minimum absolute atomic E-state index is 0. The van der Waals surface area contributed by atoms with E-state index in [-0.39, 0.29) is 135 Å². The zero-order valence-electron chi connectivity index (χ0n) is 40.2. The van der Waals surface area contributed by atoms with Gasteiger partial charge in [0.1, 0.15) is 76.8 Å². The van der Waals surface area contributed by atoms with Gasteiger partial charge in [0.2, 0.25) is 41.1 Å². The maximum absolute atomic E-state index is 11.4. The van der Waals surface area contributed by atoms with Gasteiger partial charge in [-0.05, 0) is 39.3 Å². The number of hydrogen-bond donors (Lipinski definition) is 9. The van der Waals surface area contributed by atoms with E-state index in [4.69, 9.17) is 108 Å². The molecule has 0 saturated heterocycles. The summed E-state index contributed by atoms with van der Waals surface area (Å²) in [5.74, 6) is -1.03. The molecule has 3 heterocycles. The van der Waals surface area contributed by atoms with E-state index in [0.717, 1.165) is 5.56 Å². The molecule has 0 fully saturated rings. The first kappa shape index (κ1) is 69.1. The zero-order valence-corrected chi connectivity index (χ0v) is 42.8. The average molecular weight is 1110 g/mol. The van der Waals surface area contributed by atoms with Crippen LogP contribution in [0, 0.1) is 76.7 Å². The number of benzene rings is 1. The van der Waals surface area contributed by atoms with Gasteiger partial charge in [-0.2, -0.15) is 74.3 Å². The Morgan fingerprint density at radius 2 is 1.03 bits per heavy atom. The maximum Gasteiger partial charge on any atom is 0.548 e. The molecule has 15 N–H and O–H groups in total. The first-order valence-electron chi connectivity index (χ1n) is 20.2. The largest absolute Gasteiger partial charge is 0.548 e. The van der Waals surface area contributed by atoms with Gasteiger partial charge in [0.05, 0.1) is 37.7 Å². The molecule has 1 aromatic carbocycles. The minimum Gasteiger partial charge on any atom is -0.474 e. The molecule has 0 aliphatic carbocycles. The van der Waals surface area contributed by atoms with Crippen molar-refractivity contribution >= 4 is 60.2 Å². The predicted molar refractivity (Wildman–Crippen MR) is 272 cm³/mol. The second kappa shape index (κ2) is 35.2. The van der Waals surface area contributed by atoms with E-state index in [9.17, 15) is 17.5 Å². The first-order chi connectivity index (χ1) is 35.2. The quantitative estimate of drug-likeness (QED) is 0.0226. The van der Waals surface area contributed by atoms with Crippen LogP contribution in [-0.2, 0) is 32.9 Å². The van der Waals surface area contributed by atoms with Crippen molar-refractivity contribution in [1.29, 1.82) is 26.3 Å². The number of nitrogen functional groups attached to an aromatic ring is 6. The number of aryl methyl sites for hydroxylation is 1. The maximum atomic E-state index is 11.4. The van der Waals surface area contributed by atoms with Crippen molar-refractivity contribution in [3.05, 3.63) is 80.7 Å². The lowest BCUT2D eigenvalue weighted by molar-refractivity contribution is 0.117. The summed E-state index contributed by atoms with van der Waals surface area (Å²) in [7, 11) is -9.94. The summed E-state index contributed by atoms with van der Waals surface area (Å²) in [6.45, 7) is 19.7. The van der Waals surface area contributed by atoms with Crippen LogP contribution in [0.4, 0.5) is 35.3 Å². The average Bonchev–Trinajstić information content (AvgIpc) is 3.32. The number of hydrogen-bond acceptors (Lipinski definition) is 28. The fraction of sp³-hybridized carbons (Fsp3) is 0.341. The highest BCUT2D eigenvalue weighted by molar-refractivity contribution is 7.86. The number of nitrogens with two attached hydrogens (primary N) is 6. The molecule has 0 amide bonds. The van der Waals surface area contributed by atoms with Crippen molar-refractivity contribution in [3.8, 4) is 48.0 Å². The van der Waals surface area contributed by atoms with Crippen LogP contribution < -0.4 is 48.6 Å². The third-order valence-corrected chi connectivity index (χ3v) is 9.98. The summed E-state index contributed by atoms with van der Waals surface area (Å²) in [5, 5.41) is 51.2. The summed E-state index contributed by atoms with van der Waals surface area (Å²) in [6, 6.07) is 14.8. The van der Waals surface area contributed by atoms with Gasteiger partial charge in [-0.25, -0.2) is 0 Å². The lowest BCUT2D eigenvalue weighted by atomic mass is 10.2. The first-order valence-corrected chi connectivity index (χ1v) is 26.2. The van der Waals surface area contributed by atoms with Crippen molar-refractivity contribution in [1.82, 2.24) is 29.9 Å². The van der Waals surface area contributed by atoms with Crippen LogP contribution in [0.2, 0.25) is 0 Å². The number of nitriles is 5. The Hall–Kier alpha value is -9.00. The molecule has 0 unspecified atom stereocenters. The van der Waals surface area contributed by atoms with Gasteiger partial charge >= 0.3 is 13.4 Å². The van der Waals surface area contributed by atoms with E-state index in [0.29, 0.717) is 0 Å². The Morgan fingerprint density at radius 3 is 1.32 bits per heavy atom. The van der Waals surface area contributed by atoms with E-state index in [2.05, 4.69) is 48.5 Å². The fourth-order valence-corrected chi connectivity index (χ4v) is 6.10. The molecule has 406 valence electrons. The number of nitrogens with zero attached hydrogens (tertiary/aromatic N) is 13. The van der Waals surface area contributed by atoms with Crippen molar-refractivity contribution in [2.75, 3.05) is 107 Å². The van der Waals surface area contributed by atoms with Gasteiger partial charge in [0.15, 0.2) is 34.1 Å². The Kier molecular flexibility index (Phi) is 32.0. The summed E-state index contributed by atoms with van der Waals surface area (Å²) in [6.07, 6.45) is -0.537.